The number of likely N-dealkylation sites (tertiary alicyclic amines) is 1. The number of aliphatic hydroxyl groups is 1. The first-order chi connectivity index (χ1) is 7.20. The third-order valence-corrected chi connectivity index (χ3v) is 4.25. The minimum atomic E-state index is 0.320. The third-order valence-electron chi connectivity index (χ3n) is 3.12. The Morgan fingerprint density at radius 3 is 3.07 bits per heavy atom. The Morgan fingerprint density at radius 1 is 1.73 bits per heavy atom. The van der Waals surface area contributed by atoms with Gasteiger partial charge in [-0.1, -0.05) is 0 Å². The van der Waals surface area contributed by atoms with Gasteiger partial charge in [0.2, 0.25) is 0 Å². The molecule has 2 atom stereocenters. The fourth-order valence-electron chi connectivity index (χ4n) is 2.08. The molecule has 2 rings (SSSR count). The quantitative estimate of drug-likeness (QED) is 0.854. The first kappa shape index (κ1) is 11.0. The Morgan fingerprint density at radius 2 is 2.53 bits per heavy atom. The normalized spacial score (nSPS) is 24.6. The predicted octanol–water partition coefficient (Wildman–Crippen LogP) is 1.83. The third kappa shape index (κ3) is 2.38. The van der Waals surface area contributed by atoms with Crippen LogP contribution >= 0.6 is 11.3 Å². The van der Waals surface area contributed by atoms with Crippen molar-refractivity contribution in [1.82, 2.24) is 9.88 Å². The molecule has 15 heavy (non-hydrogen) atoms. The van der Waals surface area contributed by atoms with Gasteiger partial charge in [0.25, 0.3) is 0 Å². The van der Waals surface area contributed by atoms with Crippen LogP contribution in [0.2, 0.25) is 0 Å². The molecule has 0 spiro atoms. The Balaban J connectivity index is 2.00. The van der Waals surface area contributed by atoms with Crippen LogP contribution in [0.25, 0.3) is 0 Å². The maximum atomic E-state index is 9.10. The van der Waals surface area contributed by atoms with Crippen molar-refractivity contribution in [2.45, 2.75) is 26.3 Å². The molecule has 4 heteroatoms. The fraction of sp³-hybridized carbons (Fsp3) is 0.727. The summed E-state index contributed by atoms with van der Waals surface area (Å²) in [5.41, 5.74) is 1.11. The molecule has 2 heterocycles. The van der Waals surface area contributed by atoms with Crippen LogP contribution in [0.4, 0.5) is 0 Å². The lowest BCUT2D eigenvalue weighted by Gasteiger charge is -2.22. The fourth-order valence-corrected chi connectivity index (χ4v) is 2.97. The van der Waals surface area contributed by atoms with Crippen molar-refractivity contribution >= 4 is 11.3 Å². The van der Waals surface area contributed by atoms with Gasteiger partial charge in [-0.25, -0.2) is 4.98 Å². The average molecular weight is 226 g/mol. The van der Waals surface area contributed by atoms with Gasteiger partial charge in [-0.3, -0.25) is 4.90 Å². The van der Waals surface area contributed by atoms with E-state index >= 15 is 0 Å². The molecule has 0 bridgehead atoms. The summed E-state index contributed by atoms with van der Waals surface area (Å²) in [5.74, 6) is 0.466. The van der Waals surface area contributed by atoms with Gasteiger partial charge in [0.15, 0.2) is 0 Å². The van der Waals surface area contributed by atoms with E-state index in [0.717, 1.165) is 25.2 Å². The molecule has 1 saturated heterocycles. The molecule has 1 aromatic heterocycles. The van der Waals surface area contributed by atoms with Crippen molar-refractivity contribution in [2.75, 3.05) is 19.7 Å². The Hall–Kier alpha value is -0.450. The summed E-state index contributed by atoms with van der Waals surface area (Å²) in [6.45, 7) is 6.66. The minimum Gasteiger partial charge on any atom is -0.396 e. The van der Waals surface area contributed by atoms with Crippen LogP contribution in [0.1, 0.15) is 30.1 Å². The van der Waals surface area contributed by atoms with E-state index in [0.29, 0.717) is 18.6 Å². The van der Waals surface area contributed by atoms with Crippen molar-refractivity contribution in [2.24, 2.45) is 5.92 Å². The number of rotatable bonds is 3. The van der Waals surface area contributed by atoms with E-state index in [-0.39, 0.29) is 0 Å². The largest absolute Gasteiger partial charge is 0.396 e. The lowest BCUT2D eigenvalue weighted by atomic mass is 10.1. The number of aliphatic hydroxyl groups excluding tert-OH is 1. The maximum Gasteiger partial charge on any atom is 0.110 e. The molecule has 1 fully saturated rings. The highest BCUT2D eigenvalue weighted by atomic mass is 32.1. The molecule has 1 aliphatic heterocycles. The summed E-state index contributed by atoms with van der Waals surface area (Å²) in [6, 6.07) is 0.403. The van der Waals surface area contributed by atoms with Gasteiger partial charge in [0.1, 0.15) is 5.01 Å². The van der Waals surface area contributed by atoms with E-state index in [2.05, 4.69) is 22.2 Å². The summed E-state index contributed by atoms with van der Waals surface area (Å²) in [5, 5.41) is 12.4. The first-order valence-corrected chi connectivity index (χ1v) is 6.35. The van der Waals surface area contributed by atoms with Gasteiger partial charge in [-0.2, -0.15) is 0 Å². The molecule has 1 aromatic rings. The SMILES string of the molecule is Cc1csc(C(C)N2CCC(CO)C2)n1. The van der Waals surface area contributed by atoms with Gasteiger partial charge < -0.3 is 5.11 Å². The number of thiazole rings is 1. The minimum absolute atomic E-state index is 0.320. The Labute approximate surface area is 94.8 Å². The lowest BCUT2D eigenvalue weighted by molar-refractivity contribution is 0.204. The number of nitrogens with zero attached hydrogens (tertiary/aromatic N) is 2. The number of hydrogen-bond acceptors (Lipinski definition) is 4. The van der Waals surface area contributed by atoms with Crippen molar-refractivity contribution < 1.29 is 5.11 Å². The highest BCUT2D eigenvalue weighted by Crippen LogP contribution is 2.28. The zero-order chi connectivity index (χ0) is 10.8. The molecule has 0 aromatic carbocycles. The van der Waals surface area contributed by atoms with Crippen LogP contribution in [0.3, 0.4) is 0 Å². The smallest absolute Gasteiger partial charge is 0.110 e. The van der Waals surface area contributed by atoms with Crippen molar-refractivity contribution in [3.63, 3.8) is 0 Å². The first-order valence-electron chi connectivity index (χ1n) is 5.47. The van der Waals surface area contributed by atoms with E-state index in [1.54, 1.807) is 11.3 Å². The van der Waals surface area contributed by atoms with E-state index in [4.69, 9.17) is 5.11 Å². The van der Waals surface area contributed by atoms with E-state index < -0.39 is 0 Å². The topological polar surface area (TPSA) is 36.4 Å². The molecule has 3 nitrogen and oxygen atoms in total. The van der Waals surface area contributed by atoms with Gasteiger partial charge in [-0.15, -0.1) is 11.3 Å². The summed E-state index contributed by atoms with van der Waals surface area (Å²) >= 11 is 1.74. The molecule has 84 valence electrons. The molecule has 0 aliphatic carbocycles. The van der Waals surface area contributed by atoms with E-state index in [1.807, 2.05) is 6.92 Å². The van der Waals surface area contributed by atoms with Gasteiger partial charge in [-0.05, 0) is 32.7 Å². The molecule has 2 unspecified atom stereocenters. The van der Waals surface area contributed by atoms with Crippen molar-refractivity contribution in [3.8, 4) is 0 Å². The Bertz CT molecular complexity index is 326. The van der Waals surface area contributed by atoms with Gasteiger partial charge >= 0.3 is 0 Å². The zero-order valence-electron chi connectivity index (χ0n) is 9.31. The summed E-state index contributed by atoms with van der Waals surface area (Å²) in [7, 11) is 0. The van der Waals surface area contributed by atoms with E-state index in [1.165, 1.54) is 5.01 Å². The molecular weight excluding hydrogens is 208 g/mol. The summed E-state index contributed by atoms with van der Waals surface area (Å²) in [4.78, 5) is 6.94. The van der Waals surface area contributed by atoms with E-state index in [9.17, 15) is 0 Å². The lowest BCUT2D eigenvalue weighted by Crippen LogP contribution is -2.25. The second-order valence-corrected chi connectivity index (χ2v) is 5.22. The van der Waals surface area contributed by atoms with Crippen LogP contribution < -0.4 is 0 Å². The molecule has 0 radical (unpaired) electrons. The maximum absolute atomic E-state index is 9.10. The monoisotopic (exact) mass is 226 g/mol. The summed E-state index contributed by atoms with van der Waals surface area (Å²) in [6.07, 6.45) is 1.12. The van der Waals surface area contributed by atoms with Crippen molar-refractivity contribution in [1.29, 1.82) is 0 Å². The second-order valence-electron chi connectivity index (χ2n) is 4.34. The standard InChI is InChI=1S/C11H18N2OS/c1-8-7-15-11(12-8)9(2)13-4-3-10(5-13)6-14/h7,9-10,14H,3-6H2,1-2H3. The second kappa shape index (κ2) is 4.60. The molecular formula is C11H18N2OS. The van der Waals surface area contributed by atoms with Crippen molar-refractivity contribution in [3.05, 3.63) is 16.1 Å². The van der Waals surface area contributed by atoms with Crippen LogP contribution in [0.15, 0.2) is 5.38 Å². The highest BCUT2D eigenvalue weighted by Gasteiger charge is 2.27. The number of aromatic nitrogens is 1. The van der Waals surface area contributed by atoms with Crippen LogP contribution in [0.5, 0.6) is 0 Å². The molecule has 1 aliphatic rings. The predicted molar refractivity (Wildman–Crippen MR) is 62.0 cm³/mol. The molecule has 0 amide bonds. The average Bonchev–Trinajstić information content (AvgIpc) is 2.84. The highest BCUT2D eigenvalue weighted by molar-refractivity contribution is 7.09. The molecule has 0 saturated carbocycles. The van der Waals surface area contributed by atoms with Crippen LogP contribution in [0, 0.1) is 12.8 Å². The number of aryl methyl sites for hydroxylation is 1. The van der Waals surface area contributed by atoms with Crippen LogP contribution in [-0.4, -0.2) is 34.7 Å². The number of hydrogen-bond donors (Lipinski definition) is 1. The van der Waals surface area contributed by atoms with Gasteiger partial charge in [0.05, 0.1) is 6.04 Å². The molecule has 1 N–H and O–H groups in total. The summed E-state index contributed by atoms with van der Waals surface area (Å²) < 4.78 is 0. The zero-order valence-corrected chi connectivity index (χ0v) is 10.1. The van der Waals surface area contributed by atoms with Crippen LogP contribution in [-0.2, 0) is 0 Å². The Kier molecular flexibility index (Phi) is 3.38. The van der Waals surface area contributed by atoms with Gasteiger partial charge in [0, 0.05) is 24.2 Å².